The van der Waals surface area contributed by atoms with Gasteiger partial charge < -0.3 is 9.72 Å². The van der Waals surface area contributed by atoms with E-state index in [1.54, 1.807) is 0 Å². The molecule has 0 radical (unpaired) electrons. The predicted octanol–water partition coefficient (Wildman–Crippen LogP) is 3.04. The molecule has 0 bridgehead atoms. The molecule has 5 rings (SSSR count). The molecule has 31 heavy (non-hydrogen) atoms. The second-order valence-electron chi connectivity index (χ2n) is 7.62. The highest BCUT2D eigenvalue weighted by molar-refractivity contribution is 7.19. The van der Waals surface area contributed by atoms with Gasteiger partial charge in [-0.15, -0.1) is 11.3 Å². The van der Waals surface area contributed by atoms with Crippen LogP contribution in [0, 0.1) is 0 Å². The number of benzene rings is 1. The number of aryl methyl sites for hydroxylation is 2. The van der Waals surface area contributed by atoms with Gasteiger partial charge in [0.15, 0.2) is 5.75 Å². The van der Waals surface area contributed by atoms with E-state index in [0.29, 0.717) is 22.5 Å². The predicted molar refractivity (Wildman–Crippen MR) is 122 cm³/mol. The van der Waals surface area contributed by atoms with Crippen molar-refractivity contribution >= 4 is 21.6 Å². The quantitative estimate of drug-likeness (QED) is 0.504. The van der Waals surface area contributed by atoms with Gasteiger partial charge in [-0.1, -0.05) is 31.2 Å². The fraction of sp³-hybridized carbons (Fsp3) is 0.261. The SMILES string of the molecule is CCCOc1c[nH]c(Cn2c(=O)[nH]c3sc4c(c3c2=O)-c2ccccc2CC4)cc1=O. The number of aromatic nitrogens is 3. The molecule has 158 valence electrons. The van der Waals surface area contributed by atoms with Crippen LogP contribution in [0.1, 0.15) is 29.5 Å². The Hall–Kier alpha value is -3.39. The summed E-state index contributed by atoms with van der Waals surface area (Å²) in [4.78, 5) is 46.0. The normalized spacial score (nSPS) is 12.5. The Morgan fingerprint density at radius 2 is 2.00 bits per heavy atom. The molecule has 3 heterocycles. The molecule has 0 spiro atoms. The minimum Gasteiger partial charge on any atom is -0.488 e. The lowest BCUT2D eigenvalue weighted by molar-refractivity contribution is 0.313. The summed E-state index contributed by atoms with van der Waals surface area (Å²) in [6, 6.07) is 9.45. The van der Waals surface area contributed by atoms with Crippen molar-refractivity contribution in [2.45, 2.75) is 32.7 Å². The molecule has 1 aliphatic rings. The van der Waals surface area contributed by atoms with Crippen LogP contribution in [0.3, 0.4) is 0 Å². The summed E-state index contributed by atoms with van der Waals surface area (Å²) in [5.41, 5.74) is 2.53. The van der Waals surface area contributed by atoms with E-state index >= 15 is 0 Å². The molecule has 1 aliphatic carbocycles. The molecule has 7 nitrogen and oxygen atoms in total. The summed E-state index contributed by atoms with van der Waals surface area (Å²) in [6.45, 7) is 2.38. The Balaban J connectivity index is 1.62. The lowest BCUT2D eigenvalue weighted by atomic mass is 9.89. The molecule has 0 unspecified atom stereocenters. The average molecular weight is 436 g/mol. The van der Waals surface area contributed by atoms with E-state index in [0.717, 1.165) is 39.8 Å². The van der Waals surface area contributed by atoms with Gasteiger partial charge in [0.25, 0.3) is 5.56 Å². The number of fused-ring (bicyclic) bond motifs is 5. The fourth-order valence-electron chi connectivity index (χ4n) is 4.08. The largest absolute Gasteiger partial charge is 0.488 e. The maximum absolute atomic E-state index is 13.4. The number of nitrogens with zero attached hydrogens (tertiary/aromatic N) is 1. The highest BCUT2D eigenvalue weighted by Crippen LogP contribution is 2.41. The highest BCUT2D eigenvalue weighted by atomic mass is 32.1. The van der Waals surface area contributed by atoms with Crippen molar-refractivity contribution in [1.29, 1.82) is 0 Å². The van der Waals surface area contributed by atoms with Crippen molar-refractivity contribution in [3.05, 3.63) is 83.7 Å². The zero-order valence-electron chi connectivity index (χ0n) is 17.0. The first-order valence-corrected chi connectivity index (χ1v) is 11.1. The first-order chi connectivity index (χ1) is 15.1. The van der Waals surface area contributed by atoms with Crippen molar-refractivity contribution in [1.82, 2.24) is 14.5 Å². The van der Waals surface area contributed by atoms with Crippen LogP contribution in [0.4, 0.5) is 0 Å². The second-order valence-corrected chi connectivity index (χ2v) is 8.72. The topological polar surface area (TPSA) is 96.9 Å². The summed E-state index contributed by atoms with van der Waals surface area (Å²) in [6.07, 6.45) is 4.04. The first kappa shape index (κ1) is 19.6. The van der Waals surface area contributed by atoms with Crippen LogP contribution in [-0.4, -0.2) is 21.1 Å². The van der Waals surface area contributed by atoms with E-state index in [1.807, 2.05) is 25.1 Å². The Morgan fingerprint density at radius 1 is 1.16 bits per heavy atom. The van der Waals surface area contributed by atoms with Crippen LogP contribution in [0.2, 0.25) is 0 Å². The van der Waals surface area contributed by atoms with Crippen molar-refractivity contribution in [2.24, 2.45) is 0 Å². The lowest BCUT2D eigenvalue weighted by Crippen LogP contribution is -2.35. The van der Waals surface area contributed by atoms with Crippen LogP contribution >= 0.6 is 11.3 Å². The van der Waals surface area contributed by atoms with Crippen LogP contribution < -0.4 is 21.4 Å². The highest BCUT2D eigenvalue weighted by Gasteiger charge is 2.24. The Bertz CT molecular complexity index is 1470. The number of hydrogen-bond acceptors (Lipinski definition) is 5. The number of aromatic amines is 2. The molecule has 1 aromatic carbocycles. The van der Waals surface area contributed by atoms with Crippen molar-refractivity contribution in [2.75, 3.05) is 6.61 Å². The van der Waals surface area contributed by atoms with E-state index in [9.17, 15) is 14.4 Å². The lowest BCUT2D eigenvalue weighted by Gasteiger charge is -2.16. The monoisotopic (exact) mass is 435 g/mol. The van der Waals surface area contributed by atoms with E-state index in [4.69, 9.17) is 4.74 Å². The van der Waals surface area contributed by atoms with Crippen LogP contribution in [0.25, 0.3) is 21.3 Å². The fourth-order valence-corrected chi connectivity index (χ4v) is 5.28. The van der Waals surface area contributed by atoms with Gasteiger partial charge in [-0.05, 0) is 30.4 Å². The number of nitrogens with one attached hydrogen (secondary N) is 2. The minimum atomic E-state index is -0.489. The van der Waals surface area contributed by atoms with Crippen LogP contribution in [0.5, 0.6) is 5.75 Å². The zero-order chi connectivity index (χ0) is 21.5. The van der Waals surface area contributed by atoms with Gasteiger partial charge in [-0.2, -0.15) is 0 Å². The van der Waals surface area contributed by atoms with E-state index in [-0.39, 0.29) is 23.3 Å². The summed E-state index contributed by atoms with van der Waals surface area (Å²) >= 11 is 1.48. The first-order valence-electron chi connectivity index (χ1n) is 10.3. The average Bonchev–Trinajstić information content (AvgIpc) is 3.15. The number of pyridine rings is 1. The Kier molecular flexibility index (Phi) is 4.86. The third-order valence-electron chi connectivity index (χ3n) is 5.54. The van der Waals surface area contributed by atoms with E-state index in [2.05, 4.69) is 16.0 Å². The van der Waals surface area contributed by atoms with Gasteiger partial charge in [-0.3, -0.25) is 19.1 Å². The standard InChI is InChI=1S/C23H21N3O4S/c1-2-9-30-17-11-24-14(10-16(17)27)12-26-22(28)20-19-15-6-4-3-5-13(15)7-8-18(19)31-21(20)25-23(26)29/h3-6,10-11H,2,7-9,12H2,1H3,(H,24,27)(H,25,29). The van der Waals surface area contributed by atoms with E-state index in [1.165, 1.54) is 29.2 Å². The molecule has 4 aromatic rings. The van der Waals surface area contributed by atoms with Gasteiger partial charge in [0.2, 0.25) is 5.43 Å². The molecule has 2 N–H and O–H groups in total. The van der Waals surface area contributed by atoms with Gasteiger partial charge >= 0.3 is 5.69 Å². The Labute approximate surface area is 181 Å². The van der Waals surface area contributed by atoms with Gasteiger partial charge in [0, 0.05) is 28.4 Å². The van der Waals surface area contributed by atoms with Gasteiger partial charge in [0.05, 0.1) is 18.5 Å². The number of rotatable bonds is 5. The molecular weight excluding hydrogens is 414 g/mol. The smallest absolute Gasteiger partial charge is 0.329 e. The molecule has 3 aromatic heterocycles. The van der Waals surface area contributed by atoms with Crippen molar-refractivity contribution < 1.29 is 4.74 Å². The molecule has 8 heteroatoms. The number of ether oxygens (including phenoxy) is 1. The number of H-pyrrole nitrogens is 2. The number of thiophene rings is 1. The molecular formula is C23H21N3O4S. The molecule has 0 aliphatic heterocycles. The maximum Gasteiger partial charge on any atom is 0.329 e. The second kappa shape index (κ2) is 7.70. The number of hydrogen-bond donors (Lipinski definition) is 2. The summed E-state index contributed by atoms with van der Waals surface area (Å²) in [5, 5.41) is 0.539. The zero-order valence-corrected chi connectivity index (χ0v) is 17.8. The summed E-state index contributed by atoms with van der Waals surface area (Å²) < 4.78 is 6.55. The van der Waals surface area contributed by atoms with E-state index < -0.39 is 5.69 Å². The molecule has 0 atom stereocenters. The van der Waals surface area contributed by atoms with Crippen molar-refractivity contribution in [3.8, 4) is 16.9 Å². The summed E-state index contributed by atoms with van der Waals surface area (Å²) in [5.74, 6) is 0.228. The van der Waals surface area contributed by atoms with Gasteiger partial charge in [-0.25, -0.2) is 4.79 Å². The van der Waals surface area contributed by atoms with Crippen LogP contribution in [0.15, 0.2) is 50.9 Å². The summed E-state index contributed by atoms with van der Waals surface area (Å²) in [7, 11) is 0. The third-order valence-corrected chi connectivity index (χ3v) is 6.71. The molecule has 0 saturated heterocycles. The maximum atomic E-state index is 13.4. The minimum absolute atomic E-state index is 0.0281. The Morgan fingerprint density at radius 3 is 2.81 bits per heavy atom. The molecule has 0 fully saturated rings. The van der Waals surface area contributed by atoms with Gasteiger partial charge in [0.1, 0.15) is 4.83 Å². The molecule has 0 saturated carbocycles. The third kappa shape index (κ3) is 3.33. The van der Waals surface area contributed by atoms with Crippen molar-refractivity contribution in [3.63, 3.8) is 0 Å². The molecule has 0 amide bonds. The van der Waals surface area contributed by atoms with Crippen LogP contribution in [-0.2, 0) is 19.4 Å².